The number of nitrogen functional groups attached to an aromatic ring is 1. The molecule has 2 aromatic rings. The molecule has 122 valence electrons. The van der Waals surface area contributed by atoms with Crippen molar-refractivity contribution in [1.29, 1.82) is 0 Å². The smallest absolute Gasteiger partial charge is 0.382 e. The molecular weight excluding hydrogens is 305 g/mol. The van der Waals surface area contributed by atoms with Gasteiger partial charge in [0.05, 0.1) is 11.3 Å². The molecule has 0 aliphatic carbocycles. The first-order chi connectivity index (χ1) is 10.8. The van der Waals surface area contributed by atoms with E-state index >= 15 is 0 Å². The topological polar surface area (TPSA) is 63.0 Å². The highest BCUT2D eigenvalue weighted by Crippen LogP contribution is 2.29. The fourth-order valence-corrected chi connectivity index (χ4v) is 1.96. The normalized spacial score (nSPS) is 11.1. The van der Waals surface area contributed by atoms with Crippen LogP contribution in [0.5, 0.6) is 0 Å². The summed E-state index contributed by atoms with van der Waals surface area (Å²) in [6.07, 6.45) is -4.35. The van der Waals surface area contributed by atoms with Crippen LogP contribution in [0.2, 0.25) is 0 Å². The molecule has 1 aromatic carbocycles. The third-order valence-corrected chi connectivity index (χ3v) is 3.00. The summed E-state index contributed by atoms with van der Waals surface area (Å²) in [5, 5.41) is 5.92. The Morgan fingerprint density at radius 2 is 2.00 bits per heavy atom. The Morgan fingerprint density at radius 1 is 1.26 bits per heavy atom. The minimum absolute atomic E-state index is 0.212. The van der Waals surface area contributed by atoms with Crippen molar-refractivity contribution in [3.8, 4) is 0 Å². The number of hydrogen-bond donors (Lipinski definition) is 3. The Labute approximate surface area is 132 Å². The first kappa shape index (κ1) is 16.7. The van der Waals surface area contributed by atoms with Crippen molar-refractivity contribution in [3.63, 3.8) is 0 Å². The molecule has 23 heavy (non-hydrogen) atoms. The number of halogens is 3. The van der Waals surface area contributed by atoms with Gasteiger partial charge in [0.1, 0.15) is 11.6 Å². The first-order valence-corrected chi connectivity index (χ1v) is 6.85. The summed E-state index contributed by atoms with van der Waals surface area (Å²) in [5.74, 6) is 0.759. The quantitative estimate of drug-likeness (QED) is 0.770. The molecule has 0 radical (unpaired) electrons. The Bertz CT molecular complexity index is 711. The van der Waals surface area contributed by atoms with Gasteiger partial charge in [0.15, 0.2) is 0 Å². The van der Waals surface area contributed by atoms with E-state index in [0.717, 1.165) is 17.8 Å². The lowest BCUT2D eigenvalue weighted by molar-refractivity contribution is -0.137. The van der Waals surface area contributed by atoms with Crippen LogP contribution in [0, 0.1) is 0 Å². The molecule has 4 N–H and O–H groups in total. The Balaban J connectivity index is 2.06. The maximum absolute atomic E-state index is 12.7. The van der Waals surface area contributed by atoms with Crippen molar-refractivity contribution < 1.29 is 13.2 Å². The second-order valence-electron chi connectivity index (χ2n) is 5.09. The van der Waals surface area contributed by atoms with E-state index in [1.54, 1.807) is 25.1 Å². The average molecular weight is 322 g/mol. The summed E-state index contributed by atoms with van der Waals surface area (Å²) in [6.45, 7) is 5.72. The largest absolute Gasteiger partial charge is 0.416 e. The van der Waals surface area contributed by atoms with Crippen molar-refractivity contribution in [2.24, 2.45) is 0 Å². The molecule has 2 rings (SSSR count). The zero-order valence-corrected chi connectivity index (χ0v) is 12.5. The van der Waals surface area contributed by atoms with E-state index in [9.17, 15) is 13.2 Å². The van der Waals surface area contributed by atoms with Crippen LogP contribution in [0.25, 0.3) is 0 Å². The van der Waals surface area contributed by atoms with E-state index in [4.69, 9.17) is 5.73 Å². The third kappa shape index (κ3) is 4.64. The van der Waals surface area contributed by atoms with Gasteiger partial charge < -0.3 is 16.4 Å². The number of pyridine rings is 1. The van der Waals surface area contributed by atoms with Crippen molar-refractivity contribution in [2.75, 3.05) is 16.4 Å². The number of hydrogen-bond acceptors (Lipinski definition) is 4. The lowest BCUT2D eigenvalue weighted by Crippen LogP contribution is -2.08. The highest BCUT2D eigenvalue weighted by Gasteiger charge is 2.30. The van der Waals surface area contributed by atoms with E-state index in [2.05, 4.69) is 22.2 Å². The molecule has 7 heteroatoms. The zero-order valence-electron chi connectivity index (χ0n) is 12.5. The summed E-state index contributed by atoms with van der Waals surface area (Å²) in [5.41, 5.74) is 7.00. The number of nitrogens with two attached hydrogens (primary N) is 1. The lowest BCUT2D eigenvalue weighted by atomic mass is 10.1. The third-order valence-electron chi connectivity index (χ3n) is 3.00. The summed E-state index contributed by atoms with van der Waals surface area (Å²) in [7, 11) is 0. The van der Waals surface area contributed by atoms with E-state index in [1.807, 2.05) is 0 Å². The van der Waals surface area contributed by atoms with Gasteiger partial charge in [-0.1, -0.05) is 18.7 Å². The van der Waals surface area contributed by atoms with Crippen LogP contribution in [0.15, 0.2) is 48.7 Å². The number of rotatable bonds is 5. The van der Waals surface area contributed by atoms with Gasteiger partial charge in [0, 0.05) is 12.2 Å². The maximum Gasteiger partial charge on any atom is 0.416 e. The monoisotopic (exact) mass is 322 g/mol. The van der Waals surface area contributed by atoms with Gasteiger partial charge in [-0.05, 0) is 36.8 Å². The minimum atomic E-state index is -4.35. The van der Waals surface area contributed by atoms with Gasteiger partial charge in [0.25, 0.3) is 0 Å². The summed E-state index contributed by atoms with van der Waals surface area (Å²) < 4.78 is 38.0. The molecule has 0 aliphatic heterocycles. The Kier molecular flexibility index (Phi) is 4.78. The Morgan fingerprint density at radius 3 is 2.61 bits per heavy atom. The second-order valence-corrected chi connectivity index (χ2v) is 5.09. The SMILES string of the molecule is C=C(C)Nc1ccc(NCc2cccc(C(F)(F)F)c2)nc1N. The molecule has 0 amide bonds. The van der Waals surface area contributed by atoms with Gasteiger partial charge >= 0.3 is 6.18 Å². The van der Waals surface area contributed by atoms with Gasteiger partial charge in [0.2, 0.25) is 0 Å². The van der Waals surface area contributed by atoms with E-state index in [1.165, 1.54) is 6.07 Å². The summed E-state index contributed by atoms with van der Waals surface area (Å²) in [6, 6.07) is 8.55. The van der Waals surface area contributed by atoms with Gasteiger partial charge in [-0.25, -0.2) is 4.98 Å². The zero-order chi connectivity index (χ0) is 17.0. The van der Waals surface area contributed by atoms with Gasteiger partial charge in [-0.2, -0.15) is 13.2 Å². The molecule has 0 bridgehead atoms. The standard InChI is InChI=1S/C16H17F3N4/c1-10(2)22-13-6-7-14(23-15(13)20)21-9-11-4-3-5-12(8-11)16(17,18)19/h3-8,22H,1,9H2,2H3,(H3,20,21,23). The van der Waals surface area contributed by atoms with Crippen LogP contribution in [0.1, 0.15) is 18.1 Å². The van der Waals surface area contributed by atoms with Crippen molar-refractivity contribution in [3.05, 3.63) is 59.8 Å². The first-order valence-electron chi connectivity index (χ1n) is 6.85. The van der Waals surface area contributed by atoms with E-state index < -0.39 is 11.7 Å². The number of nitrogens with zero attached hydrogens (tertiary/aromatic N) is 1. The molecule has 0 saturated heterocycles. The number of allylic oxidation sites excluding steroid dienone is 1. The molecule has 0 fully saturated rings. The Hall–Kier alpha value is -2.70. The van der Waals surface area contributed by atoms with Crippen LogP contribution in [0.4, 0.5) is 30.5 Å². The molecule has 0 spiro atoms. The highest BCUT2D eigenvalue weighted by atomic mass is 19.4. The summed E-state index contributed by atoms with van der Waals surface area (Å²) >= 11 is 0. The predicted octanol–water partition coefficient (Wildman–Crippen LogP) is 4.24. The fourth-order valence-electron chi connectivity index (χ4n) is 1.96. The molecule has 1 aromatic heterocycles. The van der Waals surface area contributed by atoms with Gasteiger partial charge in [-0.15, -0.1) is 0 Å². The second kappa shape index (κ2) is 6.60. The number of alkyl halides is 3. The van der Waals surface area contributed by atoms with Crippen LogP contribution >= 0.6 is 0 Å². The van der Waals surface area contributed by atoms with Crippen molar-refractivity contribution >= 4 is 17.3 Å². The number of benzene rings is 1. The number of nitrogens with one attached hydrogen (secondary N) is 2. The molecule has 0 saturated carbocycles. The molecule has 0 aliphatic rings. The van der Waals surface area contributed by atoms with Crippen LogP contribution in [0.3, 0.4) is 0 Å². The average Bonchev–Trinajstić information content (AvgIpc) is 2.47. The lowest BCUT2D eigenvalue weighted by Gasteiger charge is -2.12. The molecule has 4 nitrogen and oxygen atoms in total. The fraction of sp³-hybridized carbons (Fsp3) is 0.188. The highest BCUT2D eigenvalue weighted by molar-refractivity contribution is 5.66. The van der Waals surface area contributed by atoms with E-state index in [0.29, 0.717) is 17.1 Å². The predicted molar refractivity (Wildman–Crippen MR) is 85.9 cm³/mol. The van der Waals surface area contributed by atoms with Crippen molar-refractivity contribution in [1.82, 2.24) is 4.98 Å². The van der Waals surface area contributed by atoms with E-state index in [-0.39, 0.29) is 12.4 Å². The van der Waals surface area contributed by atoms with Crippen LogP contribution in [-0.4, -0.2) is 4.98 Å². The maximum atomic E-state index is 12.7. The van der Waals surface area contributed by atoms with Gasteiger partial charge in [-0.3, -0.25) is 0 Å². The molecule has 0 unspecified atom stereocenters. The summed E-state index contributed by atoms with van der Waals surface area (Å²) in [4.78, 5) is 4.15. The minimum Gasteiger partial charge on any atom is -0.382 e. The molecule has 1 heterocycles. The number of anilines is 3. The molecule has 0 atom stereocenters. The van der Waals surface area contributed by atoms with Crippen LogP contribution in [-0.2, 0) is 12.7 Å². The molecular formula is C16H17F3N4. The van der Waals surface area contributed by atoms with Crippen LogP contribution < -0.4 is 16.4 Å². The van der Waals surface area contributed by atoms with Crippen molar-refractivity contribution in [2.45, 2.75) is 19.6 Å². The number of aromatic nitrogens is 1.